The fraction of sp³-hybridized carbons (Fsp3) is 0.214. The number of nitrogen functional groups attached to an aromatic ring is 1. The molecule has 3 aromatic rings. The smallest absolute Gasteiger partial charge is 0.201 e. The summed E-state index contributed by atoms with van der Waals surface area (Å²) < 4.78 is 3.14. The third-order valence-electron chi connectivity index (χ3n) is 3.20. The van der Waals surface area contributed by atoms with E-state index in [1.807, 2.05) is 12.1 Å². The summed E-state index contributed by atoms with van der Waals surface area (Å²) in [6.45, 7) is 2.18. The molecular formula is C14H14BrN3S. The van der Waals surface area contributed by atoms with Gasteiger partial charge in [-0.3, -0.25) is 0 Å². The van der Waals surface area contributed by atoms with Gasteiger partial charge in [0, 0.05) is 21.8 Å². The number of anilines is 1. The highest BCUT2D eigenvalue weighted by Crippen LogP contribution is 2.27. The monoisotopic (exact) mass is 335 g/mol. The van der Waals surface area contributed by atoms with Gasteiger partial charge in [-0.05, 0) is 36.6 Å². The predicted molar refractivity (Wildman–Crippen MR) is 84.6 cm³/mol. The summed E-state index contributed by atoms with van der Waals surface area (Å²) in [5.74, 6) is 0.581. The van der Waals surface area contributed by atoms with Gasteiger partial charge in [0.05, 0.1) is 11.0 Å². The maximum absolute atomic E-state index is 6.07. The maximum atomic E-state index is 6.07. The molecule has 5 heteroatoms. The van der Waals surface area contributed by atoms with Gasteiger partial charge in [-0.25, -0.2) is 4.98 Å². The number of nitrogens with two attached hydrogens (primary N) is 1. The Bertz CT molecular complexity index is 703. The molecule has 0 aliphatic carbocycles. The Hall–Kier alpha value is -1.33. The summed E-state index contributed by atoms with van der Waals surface area (Å²) in [5.41, 5.74) is 8.10. The molecule has 0 saturated carbocycles. The molecule has 0 spiro atoms. The molecular weight excluding hydrogens is 322 g/mol. The molecule has 2 aromatic heterocycles. The summed E-state index contributed by atoms with van der Waals surface area (Å²) in [6.07, 6.45) is 0.976. The molecule has 1 aromatic carbocycles. The van der Waals surface area contributed by atoms with E-state index in [0.717, 1.165) is 21.9 Å². The van der Waals surface area contributed by atoms with Crippen LogP contribution in [0.1, 0.15) is 17.8 Å². The highest BCUT2D eigenvalue weighted by Gasteiger charge is 2.15. The minimum absolute atomic E-state index is 0.296. The molecule has 0 fully saturated rings. The van der Waals surface area contributed by atoms with Crippen LogP contribution in [0.5, 0.6) is 0 Å². The molecule has 0 aliphatic heterocycles. The topological polar surface area (TPSA) is 43.8 Å². The first-order valence-electron chi connectivity index (χ1n) is 6.10. The minimum Gasteiger partial charge on any atom is -0.369 e. The first kappa shape index (κ1) is 12.7. The number of fused-ring (bicyclic) bond motifs is 1. The molecule has 1 atom stereocenters. The van der Waals surface area contributed by atoms with Crippen molar-refractivity contribution in [3.05, 3.63) is 45.1 Å². The Kier molecular flexibility index (Phi) is 3.33. The molecule has 0 bridgehead atoms. The lowest BCUT2D eigenvalue weighted by Crippen LogP contribution is -2.10. The minimum atomic E-state index is 0.296. The number of thiophene rings is 1. The molecule has 2 heterocycles. The van der Waals surface area contributed by atoms with Gasteiger partial charge in [-0.2, -0.15) is 0 Å². The second-order valence-corrected chi connectivity index (χ2v) is 6.55. The number of imidazole rings is 1. The first-order valence-corrected chi connectivity index (χ1v) is 7.78. The van der Waals surface area contributed by atoms with Crippen LogP contribution in [0, 0.1) is 0 Å². The molecule has 3 rings (SSSR count). The van der Waals surface area contributed by atoms with E-state index in [1.54, 1.807) is 11.3 Å². The number of hydrogen-bond acceptors (Lipinski definition) is 3. The third-order valence-corrected chi connectivity index (χ3v) is 4.59. The SMILES string of the molecule is CC(Cc1cccs1)n1c(N)nc2cc(Br)ccc21. The summed E-state index contributed by atoms with van der Waals surface area (Å²) in [5, 5.41) is 2.11. The van der Waals surface area contributed by atoms with Crippen molar-refractivity contribution in [3.8, 4) is 0 Å². The average molecular weight is 336 g/mol. The van der Waals surface area contributed by atoms with Crippen LogP contribution in [-0.4, -0.2) is 9.55 Å². The van der Waals surface area contributed by atoms with E-state index < -0.39 is 0 Å². The lowest BCUT2D eigenvalue weighted by atomic mass is 10.2. The van der Waals surface area contributed by atoms with Crippen LogP contribution >= 0.6 is 27.3 Å². The van der Waals surface area contributed by atoms with E-state index in [4.69, 9.17) is 5.73 Å². The van der Waals surface area contributed by atoms with E-state index in [1.165, 1.54) is 4.88 Å². The van der Waals surface area contributed by atoms with Crippen molar-refractivity contribution in [1.29, 1.82) is 0 Å². The maximum Gasteiger partial charge on any atom is 0.201 e. The zero-order valence-corrected chi connectivity index (χ0v) is 12.9. The van der Waals surface area contributed by atoms with E-state index >= 15 is 0 Å². The number of rotatable bonds is 3. The molecule has 3 nitrogen and oxygen atoms in total. The molecule has 2 N–H and O–H groups in total. The Morgan fingerprint density at radius 2 is 2.26 bits per heavy atom. The lowest BCUT2D eigenvalue weighted by molar-refractivity contribution is 0.571. The second kappa shape index (κ2) is 4.98. The number of nitrogens with zero attached hydrogens (tertiary/aromatic N) is 2. The predicted octanol–water partition coefficient (Wildman–Crippen LogP) is 4.25. The number of aromatic nitrogens is 2. The van der Waals surface area contributed by atoms with E-state index in [2.05, 4.69) is 56.0 Å². The fourth-order valence-corrected chi connectivity index (χ4v) is 3.54. The molecule has 1 unspecified atom stereocenters. The molecule has 0 saturated heterocycles. The van der Waals surface area contributed by atoms with Gasteiger partial charge < -0.3 is 10.3 Å². The summed E-state index contributed by atoms with van der Waals surface area (Å²) >= 11 is 5.24. The van der Waals surface area contributed by atoms with Gasteiger partial charge in [0.25, 0.3) is 0 Å². The molecule has 0 amide bonds. The van der Waals surface area contributed by atoms with Crippen LogP contribution in [0.25, 0.3) is 11.0 Å². The van der Waals surface area contributed by atoms with Crippen LogP contribution < -0.4 is 5.73 Å². The van der Waals surface area contributed by atoms with E-state index in [0.29, 0.717) is 12.0 Å². The zero-order chi connectivity index (χ0) is 13.4. The van der Waals surface area contributed by atoms with Gasteiger partial charge in [0.2, 0.25) is 5.95 Å². The second-order valence-electron chi connectivity index (χ2n) is 4.61. The Morgan fingerprint density at radius 3 is 3.00 bits per heavy atom. The van der Waals surface area contributed by atoms with Crippen LogP contribution in [-0.2, 0) is 6.42 Å². The average Bonchev–Trinajstić information content (AvgIpc) is 2.95. The molecule has 0 aliphatic rings. The normalized spacial score (nSPS) is 12.9. The van der Waals surface area contributed by atoms with Crippen molar-refractivity contribution < 1.29 is 0 Å². The van der Waals surface area contributed by atoms with Gasteiger partial charge in [-0.15, -0.1) is 11.3 Å². The lowest BCUT2D eigenvalue weighted by Gasteiger charge is -2.15. The number of hydrogen-bond donors (Lipinski definition) is 1. The Labute approximate surface area is 124 Å². The zero-order valence-electron chi connectivity index (χ0n) is 10.5. The fourth-order valence-electron chi connectivity index (χ4n) is 2.36. The van der Waals surface area contributed by atoms with Crippen LogP contribution in [0.15, 0.2) is 40.2 Å². The van der Waals surface area contributed by atoms with Crippen molar-refractivity contribution >= 4 is 44.2 Å². The third kappa shape index (κ3) is 2.40. The number of halogens is 1. The van der Waals surface area contributed by atoms with Crippen LogP contribution in [0.4, 0.5) is 5.95 Å². The van der Waals surface area contributed by atoms with E-state index in [9.17, 15) is 0 Å². The van der Waals surface area contributed by atoms with Gasteiger partial charge in [-0.1, -0.05) is 22.0 Å². The summed E-state index contributed by atoms with van der Waals surface area (Å²) in [4.78, 5) is 5.80. The standard InChI is InChI=1S/C14H14BrN3S/c1-9(7-11-3-2-6-19-11)18-13-5-4-10(15)8-12(13)17-14(18)16/h2-6,8-9H,7H2,1H3,(H2,16,17). The number of benzene rings is 1. The largest absolute Gasteiger partial charge is 0.369 e. The molecule has 98 valence electrons. The summed E-state index contributed by atoms with van der Waals surface area (Å²) in [7, 11) is 0. The van der Waals surface area contributed by atoms with Crippen molar-refractivity contribution in [2.24, 2.45) is 0 Å². The highest BCUT2D eigenvalue weighted by atomic mass is 79.9. The van der Waals surface area contributed by atoms with Gasteiger partial charge in [0.1, 0.15) is 0 Å². The van der Waals surface area contributed by atoms with Crippen molar-refractivity contribution in [2.45, 2.75) is 19.4 Å². The van der Waals surface area contributed by atoms with Crippen LogP contribution in [0.3, 0.4) is 0 Å². The quantitative estimate of drug-likeness (QED) is 0.777. The van der Waals surface area contributed by atoms with Crippen molar-refractivity contribution in [3.63, 3.8) is 0 Å². The highest BCUT2D eigenvalue weighted by molar-refractivity contribution is 9.10. The molecule has 0 radical (unpaired) electrons. The van der Waals surface area contributed by atoms with Crippen molar-refractivity contribution in [2.75, 3.05) is 5.73 Å². The van der Waals surface area contributed by atoms with E-state index in [-0.39, 0.29) is 0 Å². The Balaban J connectivity index is 2.01. The molecule has 19 heavy (non-hydrogen) atoms. The first-order chi connectivity index (χ1) is 9.15. The van der Waals surface area contributed by atoms with Crippen molar-refractivity contribution in [1.82, 2.24) is 9.55 Å². The summed E-state index contributed by atoms with van der Waals surface area (Å²) in [6, 6.07) is 10.6. The van der Waals surface area contributed by atoms with Crippen LogP contribution in [0.2, 0.25) is 0 Å². The van der Waals surface area contributed by atoms with Gasteiger partial charge >= 0.3 is 0 Å². The van der Waals surface area contributed by atoms with Gasteiger partial charge in [0.15, 0.2) is 0 Å². The Morgan fingerprint density at radius 1 is 1.42 bits per heavy atom.